The Kier molecular flexibility index (Phi) is 7.61. The Morgan fingerprint density at radius 3 is 2.48 bits per heavy atom. The van der Waals surface area contributed by atoms with Crippen LogP contribution in [0.15, 0.2) is 24.3 Å². The van der Waals surface area contributed by atoms with Crippen molar-refractivity contribution in [3.05, 3.63) is 29.8 Å². The van der Waals surface area contributed by atoms with Crippen LogP contribution in [0.25, 0.3) is 0 Å². The average molecular weight is 294 g/mol. The van der Waals surface area contributed by atoms with Crippen molar-refractivity contribution in [1.82, 2.24) is 10.6 Å². The lowest BCUT2D eigenvalue weighted by Gasteiger charge is -2.13. The van der Waals surface area contributed by atoms with Crippen LogP contribution < -0.4 is 15.4 Å². The van der Waals surface area contributed by atoms with Gasteiger partial charge in [-0.25, -0.2) is 4.79 Å². The maximum absolute atomic E-state index is 11.6. The van der Waals surface area contributed by atoms with E-state index < -0.39 is 0 Å². The average Bonchev–Trinajstić information content (AvgIpc) is 2.44. The Balaban J connectivity index is 2.33. The zero-order valence-electron chi connectivity index (χ0n) is 13.1. The zero-order chi connectivity index (χ0) is 15.7. The molecule has 0 fully saturated rings. The molecule has 0 unspecified atom stereocenters. The van der Waals surface area contributed by atoms with Crippen molar-refractivity contribution in [1.29, 1.82) is 0 Å². The minimum atomic E-state index is -0.226. The first-order chi connectivity index (χ1) is 10.0. The molecule has 1 aromatic carbocycles. The van der Waals surface area contributed by atoms with E-state index in [0.29, 0.717) is 25.5 Å². The number of rotatable bonds is 8. The fourth-order valence-corrected chi connectivity index (χ4v) is 1.69. The van der Waals surface area contributed by atoms with E-state index in [0.717, 1.165) is 11.3 Å². The number of hydrogen-bond donors (Lipinski definition) is 3. The second-order valence-electron chi connectivity index (χ2n) is 5.59. The smallest absolute Gasteiger partial charge is 0.315 e. The van der Waals surface area contributed by atoms with Crippen molar-refractivity contribution >= 4 is 6.03 Å². The summed E-state index contributed by atoms with van der Waals surface area (Å²) in [5.74, 6) is 1.34. The highest BCUT2D eigenvalue weighted by molar-refractivity contribution is 5.74. The molecule has 1 atom stereocenters. The minimum Gasteiger partial charge on any atom is -0.493 e. The third-order valence-corrected chi connectivity index (χ3v) is 2.90. The lowest BCUT2D eigenvalue weighted by molar-refractivity contribution is 0.230. The van der Waals surface area contributed by atoms with Gasteiger partial charge < -0.3 is 20.5 Å². The Hall–Kier alpha value is -1.75. The van der Waals surface area contributed by atoms with Crippen molar-refractivity contribution < 1.29 is 14.6 Å². The van der Waals surface area contributed by atoms with E-state index in [-0.39, 0.29) is 18.7 Å². The molecular formula is C16H26N2O3. The molecule has 1 rings (SSSR count). The fourth-order valence-electron chi connectivity index (χ4n) is 1.69. The number of carbonyl (C=O) groups is 1. The van der Waals surface area contributed by atoms with Gasteiger partial charge in [-0.2, -0.15) is 0 Å². The van der Waals surface area contributed by atoms with Crippen LogP contribution in [0.3, 0.4) is 0 Å². The molecule has 0 heterocycles. The van der Waals surface area contributed by atoms with Crippen LogP contribution in [0.4, 0.5) is 4.79 Å². The van der Waals surface area contributed by atoms with Crippen LogP contribution in [-0.2, 0) is 6.54 Å². The van der Waals surface area contributed by atoms with Gasteiger partial charge in [-0.1, -0.05) is 26.0 Å². The van der Waals surface area contributed by atoms with Gasteiger partial charge in [0.2, 0.25) is 0 Å². The lowest BCUT2D eigenvalue weighted by Crippen LogP contribution is -2.40. The summed E-state index contributed by atoms with van der Waals surface area (Å²) in [4.78, 5) is 11.6. The van der Waals surface area contributed by atoms with Crippen LogP contribution in [0.1, 0.15) is 32.8 Å². The molecule has 1 aromatic rings. The first-order valence-electron chi connectivity index (χ1n) is 7.38. The summed E-state index contributed by atoms with van der Waals surface area (Å²) in [6.45, 7) is 7.30. The van der Waals surface area contributed by atoms with Gasteiger partial charge in [-0.3, -0.25) is 0 Å². The van der Waals surface area contributed by atoms with Crippen molar-refractivity contribution in [3.63, 3.8) is 0 Å². The molecule has 0 bridgehead atoms. The maximum Gasteiger partial charge on any atom is 0.315 e. The number of aliphatic hydroxyl groups is 1. The van der Waals surface area contributed by atoms with Crippen LogP contribution >= 0.6 is 0 Å². The predicted molar refractivity (Wildman–Crippen MR) is 83.3 cm³/mol. The van der Waals surface area contributed by atoms with Gasteiger partial charge in [0.1, 0.15) is 5.75 Å². The lowest BCUT2D eigenvalue weighted by atomic mass is 10.2. The number of ether oxygens (including phenoxy) is 1. The molecule has 5 heteroatoms. The highest BCUT2D eigenvalue weighted by Crippen LogP contribution is 2.13. The number of aliphatic hydroxyl groups excluding tert-OH is 1. The van der Waals surface area contributed by atoms with E-state index in [2.05, 4.69) is 24.5 Å². The number of hydrogen-bond acceptors (Lipinski definition) is 3. The molecule has 0 saturated carbocycles. The van der Waals surface area contributed by atoms with Gasteiger partial charge in [0.25, 0.3) is 0 Å². The summed E-state index contributed by atoms with van der Waals surface area (Å²) in [7, 11) is 0. The quantitative estimate of drug-likeness (QED) is 0.689. The summed E-state index contributed by atoms with van der Waals surface area (Å²) in [6.07, 6.45) is 0.551. The summed E-state index contributed by atoms with van der Waals surface area (Å²) in [6, 6.07) is 7.43. The molecular weight excluding hydrogens is 268 g/mol. The third-order valence-electron chi connectivity index (χ3n) is 2.90. The summed E-state index contributed by atoms with van der Waals surface area (Å²) >= 11 is 0. The molecule has 0 radical (unpaired) electrons. The van der Waals surface area contributed by atoms with Crippen molar-refractivity contribution in [2.24, 2.45) is 5.92 Å². The van der Waals surface area contributed by atoms with Crippen molar-refractivity contribution in [3.8, 4) is 5.75 Å². The Labute approximate surface area is 126 Å². The minimum absolute atomic E-state index is 0.0400. The fraction of sp³-hybridized carbons (Fsp3) is 0.562. The van der Waals surface area contributed by atoms with E-state index in [1.807, 2.05) is 31.2 Å². The summed E-state index contributed by atoms with van der Waals surface area (Å²) < 4.78 is 5.60. The second kappa shape index (κ2) is 9.23. The zero-order valence-corrected chi connectivity index (χ0v) is 13.1. The monoisotopic (exact) mass is 294 g/mol. The molecule has 3 N–H and O–H groups in total. The molecule has 0 spiro atoms. The molecule has 21 heavy (non-hydrogen) atoms. The molecule has 5 nitrogen and oxygen atoms in total. The highest BCUT2D eigenvalue weighted by Gasteiger charge is 2.06. The van der Waals surface area contributed by atoms with Crippen molar-refractivity contribution in [2.45, 2.75) is 39.8 Å². The topological polar surface area (TPSA) is 70.6 Å². The summed E-state index contributed by atoms with van der Waals surface area (Å²) in [5, 5.41) is 14.3. The van der Waals surface area contributed by atoms with E-state index in [1.54, 1.807) is 0 Å². The molecule has 0 aliphatic carbocycles. The number of amides is 2. The standard InChI is InChI=1S/C16H26N2O3/c1-12(2)11-21-15-6-4-14(5-7-15)10-17-16(20)18-13(3)8-9-19/h4-7,12-13,19H,8-11H2,1-3H3,(H2,17,18,20)/t13-/m1/s1. The SMILES string of the molecule is CC(C)COc1ccc(CNC(=O)N[C@H](C)CCO)cc1. The first-order valence-corrected chi connectivity index (χ1v) is 7.38. The van der Waals surface area contributed by atoms with E-state index in [4.69, 9.17) is 9.84 Å². The van der Waals surface area contributed by atoms with Gasteiger partial charge in [-0.15, -0.1) is 0 Å². The number of urea groups is 1. The number of nitrogens with one attached hydrogen (secondary N) is 2. The Bertz CT molecular complexity index is 418. The van der Waals surface area contributed by atoms with E-state index in [9.17, 15) is 4.79 Å². The maximum atomic E-state index is 11.6. The van der Waals surface area contributed by atoms with Crippen LogP contribution in [0, 0.1) is 5.92 Å². The van der Waals surface area contributed by atoms with Gasteiger partial charge >= 0.3 is 6.03 Å². The van der Waals surface area contributed by atoms with Crippen LogP contribution in [-0.4, -0.2) is 30.4 Å². The highest BCUT2D eigenvalue weighted by atomic mass is 16.5. The Morgan fingerprint density at radius 1 is 1.24 bits per heavy atom. The van der Waals surface area contributed by atoms with Crippen molar-refractivity contribution in [2.75, 3.05) is 13.2 Å². The van der Waals surface area contributed by atoms with Crippen LogP contribution in [0.5, 0.6) is 5.75 Å². The molecule has 0 aliphatic rings. The molecule has 118 valence electrons. The number of carbonyl (C=O) groups excluding carboxylic acids is 1. The largest absolute Gasteiger partial charge is 0.493 e. The molecule has 0 saturated heterocycles. The molecule has 0 aromatic heterocycles. The van der Waals surface area contributed by atoms with Gasteiger partial charge in [-0.05, 0) is 37.0 Å². The van der Waals surface area contributed by atoms with Gasteiger partial charge in [0.15, 0.2) is 0 Å². The third kappa shape index (κ3) is 7.56. The van der Waals surface area contributed by atoms with Gasteiger partial charge in [0, 0.05) is 19.2 Å². The first kappa shape index (κ1) is 17.3. The predicted octanol–water partition coefficient (Wildman–Crippen LogP) is 2.29. The van der Waals surface area contributed by atoms with E-state index in [1.165, 1.54) is 0 Å². The Morgan fingerprint density at radius 2 is 1.90 bits per heavy atom. The van der Waals surface area contributed by atoms with Crippen LogP contribution in [0.2, 0.25) is 0 Å². The van der Waals surface area contributed by atoms with Gasteiger partial charge in [0.05, 0.1) is 6.61 Å². The number of benzene rings is 1. The molecule has 2 amide bonds. The van der Waals surface area contributed by atoms with E-state index >= 15 is 0 Å². The normalized spacial score (nSPS) is 12.0. The second-order valence-corrected chi connectivity index (χ2v) is 5.59. The molecule has 0 aliphatic heterocycles. The summed E-state index contributed by atoms with van der Waals surface area (Å²) in [5.41, 5.74) is 1.01.